The Hall–Kier alpha value is -0.720. The van der Waals surface area contributed by atoms with Crippen LogP contribution < -0.4 is 5.32 Å². The van der Waals surface area contributed by atoms with E-state index < -0.39 is 0 Å². The van der Waals surface area contributed by atoms with Crippen LogP contribution in [0.3, 0.4) is 0 Å². The summed E-state index contributed by atoms with van der Waals surface area (Å²) in [6, 6.07) is 0. The minimum atomic E-state index is 0.633. The number of nitrogens with zero attached hydrogens (tertiary/aromatic N) is 2. The summed E-state index contributed by atoms with van der Waals surface area (Å²) in [6.45, 7) is 2.68. The molecule has 0 bridgehead atoms. The first-order chi connectivity index (χ1) is 6.43. The van der Waals surface area contributed by atoms with Gasteiger partial charge in [-0.1, -0.05) is 11.3 Å². The molecule has 13 heavy (non-hydrogen) atoms. The van der Waals surface area contributed by atoms with Crippen molar-refractivity contribution in [3.05, 3.63) is 5.51 Å². The van der Waals surface area contributed by atoms with Crippen molar-refractivity contribution in [2.45, 2.75) is 0 Å². The normalized spacial score (nSPS) is 10.2. The molecular formula is C7H13N3O2S. The summed E-state index contributed by atoms with van der Waals surface area (Å²) >= 11 is 1.48. The zero-order chi connectivity index (χ0) is 9.36. The molecule has 0 amide bonds. The van der Waals surface area contributed by atoms with Crippen molar-refractivity contribution in [3.8, 4) is 0 Å². The van der Waals surface area contributed by atoms with E-state index in [1.807, 2.05) is 0 Å². The highest BCUT2D eigenvalue weighted by Gasteiger charge is 1.93. The van der Waals surface area contributed by atoms with Gasteiger partial charge in [0.25, 0.3) is 0 Å². The smallest absolute Gasteiger partial charge is 0.205 e. The van der Waals surface area contributed by atoms with Gasteiger partial charge in [-0.15, -0.1) is 10.2 Å². The second-order valence-corrected chi connectivity index (χ2v) is 3.11. The molecule has 0 atom stereocenters. The third kappa shape index (κ3) is 4.76. The van der Waals surface area contributed by atoms with E-state index in [1.54, 1.807) is 12.6 Å². The number of aromatic nitrogens is 2. The van der Waals surface area contributed by atoms with Crippen molar-refractivity contribution < 1.29 is 9.47 Å². The summed E-state index contributed by atoms with van der Waals surface area (Å²) in [6.07, 6.45) is 0. The lowest BCUT2D eigenvalue weighted by atomic mass is 10.7. The van der Waals surface area contributed by atoms with Crippen LogP contribution in [-0.4, -0.2) is 43.7 Å². The van der Waals surface area contributed by atoms with Crippen LogP contribution in [0.2, 0.25) is 0 Å². The fraction of sp³-hybridized carbons (Fsp3) is 0.714. The zero-order valence-electron chi connectivity index (χ0n) is 7.52. The van der Waals surface area contributed by atoms with E-state index in [-0.39, 0.29) is 0 Å². The number of nitrogens with one attached hydrogen (secondary N) is 1. The van der Waals surface area contributed by atoms with E-state index in [0.717, 1.165) is 11.7 Å². The van der Waals surface area contributed by atoms with Gasteiger partial charge in [0.15, 0.2) is 0 Å². The van der Waals surface area contributed by atoms with Crippen LogP contribution in [0.15, 0.2) is 5.51 Å². The quantitative estimate of drug-likeness (QED) is 0.658. The number of hydrogen-bond acceptors (Lipinski definition) is 6. The van der Waals surface area contributed by atoms with Crippen LogP contribution in [0.4, 0.5) is 5.13 Å². The third-order valence-electron chi connectivity index (χ3n) is 1.31. The second-order valence-electron chi connectivity index (χ2n) is 2.28. The van der Waals surface area contributed by atoms with E-state index in [4.69, 9.17) is 9.47 Å². The highest BCUT2D eigenvalue weighted by molar-refractivity contribution is 7.13. The lowest BCUT2D eigenvalue weighted by Gasteiger charge is -2.03. The summed E-state index contributed by atoms with van der Waals surface area (Å²) in [7, 11) is 1.66. The van der Waals surface area contributed by atoms with Gasteiger partial charge in [-0.25, -0.2) is 0 Å². The maximum absolute atomic E-state index is 5.24. The minimum Gasteiger partial charge on any atom is -0.382 e. The number of hydrogen-bond donors (Lipinski definition) is 1. The average molecular weight is 203 g/mol. The van der Waals surface area contributed by atoms with Crippen LogP contribution in [0.1, 0.15) is 0 Å². The number of rotatable bonds is 7. The highest BCUT2D eigenvalue weighted by atomic mass is 32.1. The van der Waals surface area contributed by atoms with Gasteiger partial charge in [-0.3, -0.25) is 0 Å². The molecule has 5 nitrogen and oxygen atoms in total. The Morgan fingerprint density at radius 2 is 2.38 bits per heavy atom. The lowest BCUT2D eigenvalue weighted by Crippen LogP contribution is -2.11. The molecule has 0 radical (unpaired) electrons. The van der Waals surface area contributed by atoms with Gasteiger partial charge in [-0.05, 0) is 0 Å². The zero-order valence-corrected chi connectivity index (χ0v) is 8.34. The molecule has 1 aromatic heterocycles. The van der Waals surface area contributed by atoms with Crippen molar-refractivity contribution in [1.29, 1.82) is 0 Å². The molecule has 0 aliphatic carbocycles. The number of methoxy groups -OCH3 is 1. The van der Waals surface area contributed by atoms with E-state index in [0.29, 0.717) is 19.8 Å². The topological polar surface area (TPSA) is 56.3 Å². The van der Waals surface area contributed by atoms with E-state index in [1.165, 1.54) is 11.3 Å². The summed E-state index contributed by atoms with van der Waals surface area (Å²) in [4.78, 5) is 0. The maximum Gasteiger partial charge on any atom is 0.205 e. The molecule has 0 aromatic carbocycles. The van der Waals surface area contributed by atoms with E-state index >= 15 is 0 Å². The summed E-state index contributed by atoms with van der Waals surface area (Å²) in [5, 5.41) is 11.4. The third-order valence-corrected chi connectivity index (χ3v) is 1.96. The van der Waals surface area contributed by atoms with Crippen molar-refractivity contribution in [2.75, 3.05) is 38.8 Å². The average Bonchev–Trinajstić information content (AvgIpc) is 2.63. The Labute approximate surface area is 81.1 Å². The highest BCUT2D eigenvalue weighted by Crippen LogP contribution is 2.06. The first-order valence-electron chi connectivity index (χ1n) is 4.00. The van der Waals surface area contributed by atoms with Crippen LogP contribution >= 0.6 is 11.3 Å². The SMILES string of the molecule is COCCOCCNc1nncs1. The largest absolute Gasteiger partial charge is 0.382 e. The van der Waals surface area contributed by atoms with Gasteiger partial charge in [0.05, 0.1) is 19.8 Å². The van der Waals surface area contributed by atoms with Gasteiger partial charge in [0.2, 0.25) is 5.13 Å². The number of anilines is 1. The van der Waals surface area contributed by atoms with Crippen LogP contribution in [0, 0.1) is 0 Å². The van der Waals surface area contributed by atoms with Gasteiger partial charge < -0.3 is 14.8 Å². The van der Waals surface area contributed by atoms with Crippen LogP contribution in [-0.2, 0) is 9.47 Å². The van der Waals surface area contributed by atoms with Gasteiger partial charge in [-0.2, -0.15) is 0 Å². The fourth-order valence-electron chi connectivity index (χ4n) is 0.725. The molecular weight excluding hydrogens is 190 g/mol. The van der Waals surface area contributed by atoms with Gasteiger partial charge in [0.1, 0.15) is 5.51 Å². The molecule has 0 aliphatic rings. The predicted molar refractivity (Wildman–Crippen MR) is 51.1 cm³/mol. The summed E-state index contributed by atoms with van der Waals surface area (Å²) in [5.74, 6) is 0. The molecule has 0 aliphatic heterocycles. The Bertz CT molecular complexity index is 206. The van der Waals surface area contributed by atoms with Crippen LogP contribution in [0.5, 0.6) is 0 Å². The second kappa shape index (κ2) is 6.76. The van der Waals surface area contributed by atoms with E-state index in [9.17, 15) is 0 Å². The molecule has 1 heterocycles. The van der Waals surface area contributed by atoms with Crippen molar-refractivity contribution in [3.63, 3.8) is 0 Å². The summed E-state index contributed by atoms with van der Waals surface area (Å²) in [5.41, 5.74) is 1.69. The maximum atomic E-state index is 5.24. The Morgan fingerprint density at radius 1 is 1.46 bits per heavy atom. The Balaban J connectivity index is 1.90. The van der Waals surface area contributed by atoms with Gasteiger partial charge in [0, 0.05) is 13.7 Å². The molecule has 0 saturated carbocycles. The van der Waals surface area contributed by atoms with Crippen molar-refractivity contribution in [2.24, 2.45) is 0 Å². The van der Waals surface area contributed by atoms with Crippen molar-refractivity contribution in [1.82, 2.24) is 10.2 Å². The van der Waals surface area contributed by atoms with Gasteiger partial charge >= 0.3 is 0 Å². The first kappa shape index (κ1) is 10.4. The lowest BCUT2D eigenvalue weighted by molar-refractivity contribution is 0.0759. The monoisotopic (exact) mass is 203 g/mol. The first-order valence-corrected chi connectivity index (χ1v) is 4.88. The molecule has 74 valence electrons. The predicted octanol–water partition coefficient (Wildman–Crippen LogP) is 0.613. The molecule has 6 heteroatoms. The Kier molecular flexibility index (Phi) is 5.39. The molecule has 1 aromatic rings. The Morgan fingerprint density at radius 3 is 3.08 bits per heavy atom. The molecule has 1 rings (SSSR count). The molecule has 0 fully saturated rings. The van der Waals surface area contributed by atoms with Crippen molar-refractivity contribution >= 4 is 16.5 Å². The van der Waals surface area contributed by atoms with Crippen LogP contribution in [0.25, 0.3) is 0 Å². The summed E-state index contributed by atoms with van der Waals surface area (Å²) < 4.78 is 10.1. The molecule has 0 unspecified atom stereocenters. The molecule has 0 saturated heterocycles. The number of ether oxygens (including phenoxy) is 2. The molecule has 0 spiro atoms. The standard InChI is InChI=1S/C7H13N3O2S/c1-11-4-5-12-3-2-8-7-10-9-6-13-7/h6H,2-5H2,1H3,(H,8,10). The van der Waals surface area contributed by atoms with E-state index in [2.05, 4.69) is 15.5 Å². The fourth-order valence-corrected chi connectivity index (χ4v) is 1.20. The molecule has 1 N–H and O–H groups in total. The minimum absolute atomic E-state index is 0.633.